The summed E-state index contributed by atoms with van der Waals surface area (Å²) in [6.45, 7) is 4.61. The Balaban J connectivity index is 4.51. The number of carboxylic acid groups (broad SMARTS) is 1. The van der Waals surface area contributed by atoms with E-state index in [4.69, 9.17) is 5.11 Å². The summed E-state index contributed by atoms with van der Waals surface area (Å²) >= 11 is 0. The van der Waals surface area contributed by atoms with E-state index < -0.39 is 34.1 Å². The molecule has 2 atom stereocenters. The van der Waals surface area contributed by atoms with Gasteiger partial charge in [0, 0.05) is 16.6 Å². The standard InChI is InChI=1S/C9H17FO3S/c1-9(2,3)7(8(11)12)14(13)6-4-5-10/h7H,4-6H2,1-3H3,(H,11,12). The highest BCUT2D eigenvalue weighted by molar-refractivity contribution is 7.86. The first-order chi connectivity index (χ1) is 6.30. The molecular formula is C9H17FO3S. The molecule has 0 bridgehead atoms. The number of carboxylic acids is 1. The molecule has 0 saturated heterocycles. The quantitative estimate of drug-likeness (QED) is 0.771. The number of halogens is 1. The molecule has 0 aliphatic carbocycles. The van der Waals surface area contributed by atoms with Gasteiger partial charge in [-0.05, 0) is 11.8 Å². The topological polar surface area (TPSA) is 54.4 Å². The van der Waals surface area contributed by atoms with Crippen LogP contribution in [0.4, 0.5) is 4.39 Å². The van der Waals surface area contributed by atoms with Gasteiger partial charge in [0.25, 0.3) is 0 Å². The first-order valence-electron chi connectivity index (χ1n) is 4.46. The van der Waals surface area contributed by atoms with Crippen LogP contribution in [0.5, 0.6) is 0 Å². The van der Waals surface area contributed by atoms with Gasteiger partial charge in [-0.1, -0.05) is 20.8 Å². The fraction of sp³-hybridized carbons (Fsp3) is 0.889. The molecule has 1 N–H and O–H groups in total. The first-order valence-corrected chi connectivity index (χ1v) is 5.85. The van der Waals surface area contributed by atoms with Crippen LogP contribution in [-0.4, -0.2) is 33.0 Å². The highest BCUT2D eigenvalue weighted by atomic mass is 32.2. The largest absolute Gasteiger partial charge is 0.480 e. The number of hydrogen-bond acceptors (Lipinski definition) is 2. The summed E-state index contributed by atoms with van der Waals surface area (Å²) in [4.78, 5) is 10.9. The van der Waals surface area contributed by atoms with Gasteiger partial charge in [0.05, 0.1) is 6.67 Å². The van der Waals surface area contributed by atoms with E-state index in [0.717, 1.165) is 0 Å². The van der Waals surface area contributed by atoms with E-state index in [9.17, 15) is 13.4 Å². The summed E-state index contributed by atoms with van der Waals surface area (Å²) in [5.74, 6) is -0.959. The smallest absolute Gasteiger partial charge is 0.319 e. The van der Waals surface area contributed by atoms with Gasteiger partial charge < -0.3 is 5.11 Å². The number of hydrogen-bond donors (Lipinski definition) is 1. The summed E-state index contributed by atoms with van der Waals surface area (Å²) in [7, 11) is -1.50. The zero-order valence-electron chi connectivity index (χ0n) is 8.75. The Bertz CT molecular complexity index is 223. The maximum atomic E-state index is 11.8. The minimum atomic E-state index is -1.50. The Labute approximate surface area is 86.2 Å². The molecule has 0 spiro atoms. The molecule has 84 valence electrons. The molecule has 14 heavy (non-hydrogen) atoms. The van der Waals surface area contributed by atoms with Crippen molar-refractivity contribution in [1.82, 2.24) is 0 Å². The maximum absolute atomic E-state index is 11.8. The third-order valence-electron chi connectivity index (χ3n) is 1.75. The molecule has 0 saturated carbocycles. The second kappa shape index (κ2) is 5.44. The third kappa shape index (κ3) is 4.17. The molecule has 0 aliphatic rings. The molecule has 0 aromatic carbocycles. The predicted molar refractivity (Wildman–Crippen MR) is 54.5 cm³/mol. The molecule has 0 radical (unpaired) electrons. The van der Waals surface area contributed by atoms with Crippen molar-refractivity contribution in [2.45, 2.75) is 32.4 Å². The van der Waals surface area contributed by atoms with Crippen molar-refractivity contribution < 1.29 is 18.5 Å². The molecule has 2 unspecified atom stereocenters. The Kier molecular flexibility index (Phi) is 5.26. The van der Waals surface area contributed by atoms with E-state index >= 15 is 0 Å². The van der Waals surface area contributed by atoms with Crippen molar-refractivity contribution in [2.24, 2.45) is 5.41 Å². The Morgan fingerprint density at radius 1 is 1.50 bits per heavy atom. The van der Waals surface area contributed by atoms with Crippen LogP contribution >= 0.6 is 0 Å². The zero-order chi connectivity index (χ0) is 11.4. The fourth-order valence-electron chi connectivity index (χ4n) is 1.19. The van der Waals surface area contributed by atoms with Crippen LogP contribution in [0.25, 0.3) is 0 Å². The minimum absolute atomic E-state index is 0.116. The molecule has 0 amide bonds. The monoisotopic (exact) mass is 224 g/mol. The van der Waals surface area contributed by atoms with Crippen LogP contribution in [0.15, 0.2) is 0 Å². The highest BCUT2D eigenvalue weighted by Gasteiger charge is 2.35. The second-order valence-electron chi connectivity index (χ2n) is 4.21. The molecule has 0 aromatic rings. The van der Waals surface area contributed by atoms with Crippen LogP contribution in [0.3, 0.4) is 0 Å². The van der Waals surface area contributed by atoms with Gasteiger partial charge in [-0.15, -0.1) is 0 Å². The molecule has 0 aromatic heterocycles. The average Bonchev–Trinajstić information content (AvgIpc) is 1.97. The van der Waals surface area contributed by atoms with Gasteiger partial charge >= 0.3 is 5.97 Å². The van der Waals surface area contributed by atoms with Crippen molar-refractivity contribution in [1.29, 1.82) is 0 Å². The van der Waals surface area contributed by atoms with Crippen molar-refractivity contribution in [3.05, 3.63) is 0 Å². The first kappa shape index (κ1) is 13.5. The lowest BCUT2D eigenvalue weighted by Gasteiger charge is -2.25. The van der Waals surface area contributed by atoms with Crippen LogP contribution in [0.1, 0.15) is 27.2 Å². The fourth-order valence-corrected chi connectivity index (χ4v) is 2.83. The van der Waals surface area contributed by atoms with Crippen molar-refractivity contribution >= 4 is 16.8 Å². The maximum Gasteiger partial charge on any atom is 0.319 e. The lowest BCUT2D eigenvalue weighted by atomic mass is 9.92. The predicted octanol–water partition coefficient (Wildman–Crippen LogP) is 1.59. The van der Waals surface area contributed by atoms with Gasteiger partial charge in [0.15, 0.2) is 0 Å². The van der Waals surface area contributed by atoms with E-state index in [1.807, 2.05) is 0 Å². The van der Waals surface area contributed by atoms with Gasteiger partial charge in [-0.25, -0.2) is 0 Å². The lowest BCUT2D eigenvalue weighted by Crippen LogP contribution is -2.39. The molecule has 0 aliphatic heterocycles. The lowest BCUT2D eigenvalue weighted by molar-refractivity contribution is -0.138. The van der Waals surface area contributed by atoms with E-state index in [-0.39, 0.29) is 12.2 Å². The van der Waals surface area contributed by atoms with E-state index in [2.05, 4.69) is 0 Å². The zero-order valence-corrected chi connectivity index (χ0v) is 9.57. The Morgan fingerprint density at radius 2 is 2.00 bits per heavy atom. The summed E-state index contributed by atoms with van der Waals surface area (Å²) < 4.78 is 23.4. The van der Waals surface area contributed by atoms with E-state index in [0.29, 0.717) is 0 Å². The van der Waals surface area contributed by atoms with Crippen molar-refractivity contribution in [3.8, 4) is 0 Å². The molecule has 0 rings (SSSR count). The van der Waals surface area contributed by atoms with Crippen molar-refractivity contribution in [3.63, 3.8) is 0 Å². The van der Waals surface area contributed by atoms with E-state index in [1.165, 1.54) is 0 Å². The Morgan fingerprint density at radius 3 is 2.29 bits per heavy atom. The average molecular weight is 224 g/mol. The number of aliphatic carboxylic acids is 1. The molecule has 0 heterocycles. The van der Waals surface area contributed by atoms with Gasteiger partial charge in [-0.3, -0.25) is 13.4 Å². The molecule has 5 heteroatoms. The number of carbonyl (C=O) groups is 1. The number of rotatable bonds is 5. The number of alkyl halides is 1. The van der Waals surface area contributed by atoms with E-state index in [1.54, 1.807) is 20.8 Å². The highest BCUT2D eigenvalue weighted by Crippen LogP contribution is 2.24. The van der Waals surface area contributed by atoms with Crippen LogP contribution in [-0.2, 0) is 15.6 Å². The SMILES string of the molecule is CC(C)(C)C(C(=O)O)S(=O)CCCF. The van der Waals surface area contributed by atoms with Crippen LogP contribution < -0.4 is 0 Å². The summed E-state index contributed by atoms with van der Waals surface area (Å²) in [5, 5.41) is 7.97. The van der Waals surface area contributed by atoms with Crippen molar-refractivity contribution in [2.75, 3.05) is 12.4 Å². The summed E-state index contributed by atoms with van der Waals surface area (Å²) in [5.41, 5.74) is -0.562. The van der Waals surface area contributed by atoms with Gasteiger partial charge in [0.1, 0.15) is 5.25 Å². The van der Waals surface area contributed by atoms with Gasteiger partial charge in [-0.2, -0.15) is 0 Å². The third-order valence-corrected chi connectivity index (χ3v) is 3.88. The normalized spacial score (nSPS) is 16.3. The Hall–Kier alpha value is -0.450. The van der Waals surface area contributed by atoms with Crippen LogP contribution in [0.2, 0.25) is 0 Å². The molecule has 0 fully saturated rings. The second-order valence-corrected chi connectivity index (χ2v) is 5.85. The minimum Gasteiger partial charge on any atom is -0.480 e. The summed E-state index contributed by atoms with van der Waals surface area (Å²) in [6.07, 6.45) is 0.159. The van der Waals surface area contributed by atoms with Crippen LogP contribution in [0, 0.1) is 5.41 Å². The molecular weight excluding hydrogens is 207 g/mol. The van der Waals surface area contributed by atoms with Gasteiger partial charge in [0.2, 0.25) is 0 Å². The molecule has 3 nitrogen and oxygen atoms in total. The summed E-state index contributed by atoms with van der Waals surface area (Å²) in [6, 6.07) is 0.